The summed E-state index contributed by atoms with van der Waals surface area (Å²) in [4.78, 5) is 10.3. The number of rotatable bonds is 5. The lowest BCUT2D eigenvalue weighted by atomic mass is 10.0. The van der Waals surface area contributed by atoms with E-state index < -0.39 is 21.8 Å². The highest BCUT2D eigenvalue weighted by molar-refractivity contribution is 7.89. The van der Waals surface area contributed by atoms with Crippen molar-refractivity contribution in [2.75, 3.05) is 24.6 Å². The molecule has 1 aromatic heterocycles. The van der Waals surface area contributed by atoms with Gasteiger partial charge in [0.2, 0.25) is 10.0 Å². The van der Waals surface area contributed by atoms with Crippen LogP contribution >= 0.6 is 0 Å². The molecule has 2 aromatic rings. The van der Waals surface area contributed by atoms with Gasteiger partial charge in [-0.25, -0.2) is 18.3 Å². The van der Waals surface area contributed by atoms with Gasteiger partial charge in [0.1, 0.15) is 5.82 Å². The van der Waals surface area contributed by atoms with Crippen LogP contribution in [0.5, 0.6) is 0 Å². The smallest absolute Gasteiger partial charge is 0.349 e. The SMILES string of the molecule is C[C@H]1CN(S(=O)(=O)c2ccc3c(c2)C(COO)CC3)C[C@H](C)N1c1ccc(C(F)(F)F)cn1. The van der Waals surface area contributed by atoms with Crippen molar-refractivity contribution in [2.45, 2.75) is 55.8 Å². The molecule has 7 nitrogen and oxygen atoms in total. The largest absolute Gasteiger partial charge is 0.417 e. The average molecular weight is 486 g/mol. The average Bonchev–Trinajstić information content (AvgIpc) is 3.15. The fourth-order valence-corrected chi connectivity index (χ4v) is 6.51. The summed E-state index contributed by atoms with van der Waals surface area (Å²) in [7, 11) is -3.79. The number of aromatic nitrogens is 1. The summed E-state index contributed by atoms with van der Waals surface area (Å²) in [5.74, 6) is 0.324. The Kier molecular flexibility index (Phi) is 6.43. The number of pyridine rings is 1. The van der Waals surface area contributed by atoms with Gasteiger partial charge in [-0.3, -0.25) is 5.26 Å². The molecule has 0 amide bonds. The second-order valence-corrected chi connectivity index (χ2v) is 10.7. The van der Waals surface area contributed by atoms with E-state index >= 15 is 0 Å². The molecule has 33 heavy (non-hydrogen) atoms. The highest BCUT2D eigenvalue weighted by atomic mass is 32.2. The van der Waals surface area contributed by atoms with E-state index in [1.807, 2.05) is 24.8 Å². The monoisotopic (exact) mass is 485 g/mol. The first-order valence-corrected chi connectivity index (χ1v) is 12.2. The van der Waals surface area contributed by atoms with E-state index in [0.717, 1.165) is 36.2 Å². The number of piperazine rings is 1. The fourth-order valence-electron chi connectivity index (χ4n) is 4.87. The molecular weight excluding hydrogens is 459 g/mol. The number of benzene rings is 1. The zero-order valence-corrected chi connectivity index (χ0v) is 19.1. The first-order chi connectivity index (χ1) is 15.5. The summed E-state index contributed by atoms with van der Waals surface area (Å²) in [5.41, 5.74) is 1.10. The highest BCUT2D eigenvalue weighted by Gasteiger charge is 2.38. The van der Waals surface area contributed by atoms with Crippen LogP contribution in [-0.4, -0.2) is 54.7 Å². The molecule has 1 unspecified atom stereocenters. The zero-order chi connectivity index (χ0) is 24.0. The van der Waals surface area contributed by atoms with Gasteiger partial charge in [-0.1, -0.05) is 6.07 Å². The van der Waals surface area contributed by atoms with Crippen molar-refractivity contribution in [3.8, 4) is 0 Å². The van der Waals surface area contributed by atoms with Gasteiger partial charge in [0.25, 0.3) is 0 Å². The second kappa shape index (κ2) is 8.86. The molecule has 4 rings (SSSR count). The summed E-state index contributed by atoms with van der Waals surface area (Å²) in [6.07, 6.45) is -2.08. The van der Waals surface area contributed by atoms with Gasteiger partial charge >= 0.3 is 6.18 Å². The highest BCUT2D eigenvalue weighted by Crippen LogP contribution is 2.36. The Labute approximate surface area is 190 Å². The number of sulfonamides is 1. The summed E-state index contributed by atoms with van der Waals surface area (Å²) < 4.78 is 66.9. The predicted octanol–water partition coefficient (Wildman–Crippen LogP) is 3.91. The van der Waals surface area contributed by atoms with E-state index in [1.165, 1.54) is 10.4 Å². The Balaban J connectivity index is 1.55. The van der Waals surface area contributed by atoms with Crippen LogP contribution < -0.4 is 4.90 Å². The number of hydrogen-bond acceptors (Lipinski definition) is 6. The van der Waals surface area contributed by atoms with E-state index in [0.29, 0.717) is 5.82 Å². The molecule has 0 radical (unpaired) electrons. The molecule has 0 spiro atoms. The van der Waals surface area contributed by atoms with Crippen LogP contribution in [0.3, 0.4) is 0 Å². The number of halogens is 3. The Hall–Kier alpha value is -2.21. The lowest BCUT2D eigenvalue weighted by Crippen LogP contribution is -2.58. The van der Waals surface area contributed by atoms with E-state index in [9.17, 15) is 21.6 Å². The van der Waals surface area contributed by atoms with Crippen LogP contribution in [0.25, 0.3) is 0 Å². The van der Waals surface area contributed by atoms with Gasteiger partial charge in [0.05, 0.1) is 17.1 Å². The Morgan fingerprint density at radius 2 is 1.85 bits per heavy atom. The topological polar surface area (TPSA) is 83.0 Å². The third kappa shape index (κ3) is 4.59. The van der Waals surface area contributed by atoms with Gasteiger partial charge in [-0.15, -0.1) is 0 Å². The van der Waals surface area contributed by atoms with Gasteiger partial charge in [-0.2, -0.15) is 17.5 Å². The van der Waals surface area contributed by atoms with Crippen LogP contribution in [0.1, 0.15) is 42.9 Å². The van der Waals surface area contributed by atoms with E-state index in [4.69, 9.17) is 5.26 Å². The maximum Gasteiger partial charge on any atom is 0.417 e. The number of alkyl halides is 3. The molecule has 0 bridgehead atoms. The molecule has 1 aromatic carbocycles. The molecule has 3 atom stereocenters. The number of anilines is 1. The van der Waals surface area contributed by atoms with Crippen LogP contribution in [0.15, 0.2) is 41.4 Å². The maximum atomic E-state index is 13.4. The fraction of sp³-hybridized carbons (Fsp3) is 0.500. The summed E-state index contributed by atoms with van der Waals surface area (Å²) in [5, 5.41) is 8.83. The molecule has 1 aliphatic carbocycles. The number of aryl methyl sites for hydroxylation is 1. The molecule has 1 saturated heterocycles. The molecule has 0 saturated carbocycles. The quantitative estimate of drug-likeness (QED) is 0.511. The minimum absolute atomic E-state index is 0.0550. The van der Waals surface area contributed by atoms with Crippen molar-refractivity contribution in [3.05, 3.63) is 53.2 Å². The zero-order valence-electron chi connectivity index (χ0n) is 18.3. The minimum atomic E-state index is -4.46. The molecule has 180 valence electrons. The molecular formula is C22H26F3N3O4S. The minimum Gasteiger partial charge on any atom is -0.349 e. The number of fused-ring (bicyclic) bond motifs is 1. The van der Waals surface area contributed by atoms with Gasteiger partial charge in [0, 0.05) is 37.3 Å². The molecule has 11 heteroatoms. The first-order valence-electron chi connectivity index (χ1n) is 10.7. The molecule has 1 N–H and O–H groups in total. The maximum absolute atomic E-state index is 13.4. The van der Waals surface area contributed by atoms with Crippen molar-refractivity contribution >= 4 is 15.8 Å². The Morgan fingerprint density at radius 3 is 2.42 bits per heavy atom. The normalized spacial score (nSPS) is 24.2. The van der Waals surface area contributed by atoms with Crippen molar-refractivity contribution < 1.29 is 31.7 Å². The predicted molar refractivity (Wildman–Crippen MR) is 115 cm³/mol. The molecule has 2 heterocycles. The van der Waals surface area contributed by atoms with Crippen LogP contribution in [-0.2, 0) is 27.5 Å². The van der Waals surface area contributed by atoms with Crippen molar-refractivity contribution in [1.29, 1.82) is 0 Å². The summed E-state index contributed by atoms with van der Waals surface area (Å²) in [6, 6.07) is 6.81. The van der Waals surface area contributed by atoms with Crippen LogP contribution in [0, 0.1) is 0 Å². The van der Waals surface area contributed by atoms with E-state index in [1.54, 1.807) is 12.1 Å². The Bertz CT molecular complexity index is 1090. The van der Waals surface area contributed by atoms with Gasteiger partial charge in [0.15, 0.2) is 0 Å². The first kappa shape index (κ1) is 23.9. The standard InChI is InChI=1S/C22H26F3N3O4S/c1-14-11-27(12-15(2)28(14)21-8-6-18(10-26-21)22(23,24)25)33(30,31)19-7-5-16-3-4-17(13-32-29)20(16)9-19/h5-10,14-15,17,29H,3-4,11-13H2,1-2H3/t14-,15-,17?/m0/s1. The number of nitrogens with zero attached hydrogens (tertiary/aromatic N) is 3. The van der Waals surface area contributed by atoms with Crippen molar-refractivity contribution in [2.24, 2.45) is 0 Å². The van der Waals surface area contributed by atoms with Gasteiger partial charge < -0.3 is 4.90 Å². The molecule has 1 aliphatic heterocycles. The third-order valence-corrected chi connectivity index (χ3v) is 8.29. The van der Waals surface area contributed by atoms with Crippen LogP contribution in [0.4, 0.5) is 19.0 Å². The van der Waals surface area contributed by atoms with Gasteiger partial charge in [-0.05, 0) is 62.1 Å². The second-order valence-electron chi connectivity index (χ2n) is 8.72. The summed E-state index contributed by atoms with van der Waals surface area (Å²) in [6.45, 7) is 4.12. The van der Waals surface area contributed by atoms with Crippen LogP contribution in [0.2, 0.25) is 0 Å². The van der Waals surface area contributed by atoms with Crippen molar-refractivity contribution in [3.63, 3.8) is 0 Å². The number of hydrogen-bond donors (Lipinski definition) is 1. The molecule has 2 aliphatic rings. The van der Waals surface area contributed by atoms with E-state index in [-0.39, 0.29) is 42.6 Å². The van der Waals surface area contributed by atoms with E-state index in [2.05, 4.69) is 9.87 Å². The van der Waals surface area contributed by atoms with Crippen molar-refractivity contribution in [1.82, 2.24) is 9.29 Å². The Morgan fingerprint density at radius 1 is 1.15 bits per heavy atom. The summed E-state index contributed by atoms with van der Waals surface area (Å²) >= 11 is 0. The lowest BCUT2D eigenvalue weighted by molar-refractivity contribution is -0.245. The lowest BCUT2D eigenvalue weighted by Gasteiger charge is -2.44. The third-order valence-electron chi connectivity index (χ3n) is 6.46. The molecule has 1 fully saturated rings.